The van der Waals surface area contributed by atoms with Gasteiger partial charge in [0.05, 0.1) is 111 Å². The first-order valence-corrected chi connectivity index (χ1v) is 50.7. The minimum atomic E-state index is 0.112. The highest BCUT2D eigenvalue weighted by Gasteiger charge is 2.47. The average molecular weight is 1880 g/mol. The number of benzene rings is 18. The second kappa shape index (κ2) is 29.9. The van der Waals surface area contributed by atoms with Gasteiger partial charge in [-0.15, -0.1) is 0 Å². The van der Waals surface area contributed by atoms with Gasteiger partial charge >= 0.3 is 0 Å². The van der Waals surface area contributed by atoms with E-state index in [0.29, 0.717) is 0 Å². The van der Waals surface area contributed by atoms with E-state index in [9.17, 15) is 0 Å². The lowest BCUT2D eigenvalue weighted by atomic mass is 9.34. The summed E-state index contributed by atoms with van der Waals surface area (Å²) >= 11 is 0. The molecule has 8 aliphatic heterocycles. The molecule has 0 amide bonds. The fourth-order valence-electron chi connectivity index (χ4n) is 26.6. The van der Waals surface area contributed by atoms with Crippen LogP contribution in [0.15, 0.2) is 359 Å². The van der Waals surface area contributed by atoms with Crippen LogP contribution in [0.3, 0.4) is 0 Å². The molecule has 0 aliphatic carbocycles. The minimum Gasteiger partial charge on any atom is -0.310 e. The number of aromatic nitrogens is 17. The standard InChI is InChI=1S/C34H22BN5.C34H24BN5.C34H23BN4.C23H17BN4/c1-19-11-13-24-33-31(19)36-17-38(33)28-15-21(40-26-9-5-3-7-22(26)23-8-4-6-10-27(23)40)16-29-30(28)35(24)25-14-12-20(2)32-34(25)39(29)18-37-32;1-21-13-15-26-33-31(21)36-19-38(33)28-17-25(40(23-9-5-3-6-10-23)24-11-7-4-8-12-24)18-29-30(28)35(26)27-16-14-22(2)32-34(27)39(29)20-37-32;1-20-16-18-24-31-29(20)36-33(22-10-5-3-6-11-22)38(31)26-14-9-15-27-28(26)35(24)25-19-17-21(2)30-32(25)39(27)34(37-30)23-12-7-4-8-13-23;1-12-8-17-19-18(9-12)28-11-26-21-14(3)5-7-16(23(21)28)24(19)15-6-4-13(2)20-22(15)27(17)10-25-20/h3-18H,1-2H3;3-20H,1-2H3;3-19H,1-2H3;4-11H,1-3H3. The number of aryl methyl sites for hydroxylation is 9. The molecule has 0 fully saturated rings. The van der Waals surface area contributed by atoms with Gasteiger partial charge in [-0.3, -0.25) is 36.5 Å². The molecule has 0 saturated heterocycles. The molecule has 27 aromatic rings. The molecule has 17 heterocycles. The lowest BCUT2D eigenvalue weighted by molar-refractivity contribution is 1.05. The van der Waals surface area contributed by atoms with E-state index in [2.05, 4.69) is 430 Å². The second-order valence-corrected chi connectivity index (χ2v) is 41.1. The molecule has 0 spiro atoms. The van der Waals surface area contributed by atoms with Crippen molar-refractivity contribution >= 4 is 220 Å². The van der Waals surface area contributed by atoms with Gasteiger partial charge in [0.15, 0.2) is 0 Å². The highest BCUT2D eigenvalue weighted by Crippen LogP contribution is 2.45. The number of anilines is 3. The minimum absolute atomic E-state index is 0.112. The molecule has 147 heavy (non-hydrogen) atoms. The van der Waals surface area contributed by atoms with Crippen molar-refractivity contribution < 1.29 is 0 Å². The molecule has 35 rings (SSSR count). The molecule has 9 aromatic heterocycles. The van der Waals surface area contributed by atoms with Crippen molar-refractivity contribution in [2.75, 3.05) is 4.90 Å². The fourth-order valence-corrected chi connectivity index (χ4v) is 26.6. The van der Waals surface area contributed by atoms with Crippen molar-refractivity contribution in [2.24, 2.45) is 0 Å². The van der Waals surface area contributed by atoms with Crippen LogP contribution >= 0.6 is 0 Å². The van der Waals surface area contributed by atoms with Gasteiger partial charge in [0, 0.05) is 78.8 Å². The molecule has 0 saturated carbocycles. The van der Waals surface area contributed by atoms with Gasteiger partial charge in [0.1, 0.15) is 49.6 Å². The molecule has 0 bridgehead atoms. The van der Waals surface area contributed by atoms with Crippen LogP contribution in [-0.2, 0) is 0 Å². The van der Waals surface area contributed by atoms with E-state index in [4.69, 9.17) is 39.9 Å². The van der Waals surface area contributed by atoms with Crippen LogP contribution in [0.2, 0.25) is 0 Å². The maximum absolute atomic E-state index is 5.28. The Labute approximate surface area is 845 Å². The van der Waals surface area contributed by atoms with Gasteiger partial charge in [-0.25, -0.2) is 39.9 Å². The lowest BCUT2D eigenvalue weighted by Gasteiger charge is -2.35. The summed E-state index contributed by atoms with van der Waals surface area (Å²) in [4.78, 5) is 42.2. The van der Waals surface area contributed by atoms with Crippen molar-refractivity contribution in [3.8, 4) is 74.0 Å². The van der Waals surface area contributed by atoms with Crippen molar-refractivity contribution in [3.05, 3.63) is 410 Å². The number of para-hydroxylation sites is 4. The highest BCUT2D eigenvalue weighted by molar-refractivity contribution is 7.02. The fraction of sp³-hybridized carbons (Fsp3) is 0.0720. The van der Waals surface area contributed by atoms with Crippen LogP contribution in [0.1, 0.15) is 50.1 Å². The summed E-state index contributed by atoms with van der Waals surface area (Å²) in [6.07, 6.45) is 12.0. The highest BCUT2D eigenvalue weighted by atomic mass is 15.2. The predicted octanol–water partition coefficient (Wildman–Crippen LogP) is 18.7. The Morgan fingerprint density at radius 2 is 0.469 bits per heavy atom. The average Bonchev–Trinajstić information content (AvgIpc) is 1.57. The quantitative estimate of drug-likeness (QED) is 0.148. The summed E-state index contributed by atoms with van der Waals surface area (Å²) in [5.41, 5.74) is 63.9. The molecule has 18 aromatic carbocycles. The largest absolute Gasteiger partial charge is 0.310 e. The van der Waals surface area contributed by atoms with Crippen LogP contribution in [0.5, 0.6) is 0 Å². The van der Waals surface area contributed by atoms with Crippen LogP contribution in [0, 0.1) is 62.3 Å². The number of hydrogen-bond donors (Lipinski definition) is 0. The third-order valence-electron chi connectivity index (χ3n) is 33.1. The molecule has 8 aliphatic rings. The van der Waals surface area contributed by atoms with Gasteiger partial charge in [-0.05, 0) is 263 Å². The molecule has 22 heteroatoms. The van der Waals surface area contributed by atoms with Crippen molar-refractivity contribution in [3.63, 3.8) is 0 Å². The molecule has 0 atom stereocenters. The van der Waals surface area contributed by atoms with Crippen molar-refractivity contribution in [2.45, 2.75) is 62.3 Å². The Bertz CT molecular complexity index is 10000. The first kappa shape index (κ1) is 82.2. The second-order valence-electron chi connectivity index (χ2n) is 41.1. The molecule has 0 unspecified atom stereocenters. The van der Waals surface area contributed by atoms with Gasteiger partial charge in [-0.1, -0.05) is 237 Å². The normalized spacial score (nSPS) is 13.0. The summed E-state index contributed by atoms with van der Waals surface area (Å²) in [6.45, 7) is 20.0. The maximum atomic E-state index is 5.28. The van der Waals surface area contributed by atoms with Crippen LogP contribution in [-0.4, -0.2) is 108 Å². The zero-order valence-electron chi connectivity index (χ0n) is 81.9. The van der Waals surface area contributed by atoms with E-state index in [1.165, 1.54) is 227 Å². The van der Waals surface area contributed by atoms with Gasteiger partial charge < -0.3 is 9.47 Å². The topological polar surface area (TPSA) is 151 Å². The number of imidazole rings is 8. The van der Waals surface area contributed by atoms with Gasteiger partial charge in [0.25, 0.3) is 26.9 Å². The Morgan fingerprint density at radius 3 is 0.782 bits per heavy atom. The summed E-state index contributed by atoms with van der Waals surface area (Å²) in [6, 6.07) is 117. The Balaban J connectivity index is 0.0000000878. The molecule has 18 nitrogen and oxygen atoms in total. The summed E-state index contributed by atoms with van der Waals surface area (Å²) in [7, 11) is 0. The molecular weight excluding hydrogens is 1800 g/mol. The predicted molar refractivity (Wildman–Crippen MR) is 604 cm³/mol. The molecular formula is C125H86B4N18. The number of rotatable bonds is 6. The third kappa shape index (κ3) is 11.0. The van der Waals surface area contributed by atoms with Crippen LogP contribution in [0.4, 0.5) is 17.1 Å². The first-order valence-electron chi connectivity index (χ1n) is 50.7. The van der Waals surface area contributed by atoms with E-state index in [1.54, 1.807) is 0 Å². The summed E-state index contributed by atoms with van der Waals surface area (Å²) in [5, 5.41) is 2.53. The van der Waals surface area contributed by atoms with Crippen molar-refractivity contribution in [1.29, 1.82) is 0 Å². The van der Waals surface area contributed by atoms with Crippen LogP contribution in [0.25, 0.3) is 184 Å². The van der Waals surface area contributed by atoms with E-state index < -0.39 is 0 Å². The molecule has 688 valence electrons. The summed E-state index contributed by atoms with van der Waals surface area (Å²) < 4.78 is 21.0. The van der Waals surface area contributed by atoms with Gasteiger partial charge in [0.2, 0.25) is 0 Å². The zero-order chi connectivity index (χ0) is 97.4. The SMILES string of the molecule is Cc1cc2c3c(c1)-n1cnc4c(C)ccc(c41)B3c1ccc(C)c3ncn-2c13.Cc1ccc2c3c1nc(-c1ccccc1)n3-c1cccc3c1B2c1ccc(C)c2nc(-c4ccccc4)n-3c12.Cc1ccc2c3c1ncn3-c1cc(-n3c4ccccc4c4ccccc43)cc3c1B2c1ccc(C)c2ncn-3c12.Cc1ccc2c3c1ncn3-c1cc(N(c3ccccc3)c3ccccc3)cc3c1B2c1ccc(C)c2ncn-3c12. The van der Waals surface area contributed by atoms with E-state index in [0.717, 1.165) is 89.7 Å². The molecule has 0 N–H and O–H groups in total. The van der Waals surface area contributed by atoms with E-state index in [-0.39, 0.29) is 26.9 Å². The molecule has 0 radical (unpaired) electrons. The zero-order valence-corrected chi connectivity index (χ0v) is 81.9. The lowest BCUT2D eigenvalue weighted by Crippen LogP contribution is -2.59. The number of hydrogen-bond acceptors (Lipinski definition) is 9. The third-order valence-corrected chi connectivity index (χ3v) is 33.1. The Morgan fingerprint density at radius 1 is 0.211 bits per heavy atom. The number of fused-ring (bicyclic) bond motifs is 19. The maximum Gasteiger partial charge on any atom is 0.252 e. The van der Waals surface area contributed by atoms with Crippen LogP contribution < -0.4 is 70.5 Å². The first-order chi connectivity index (χ1) is 72.2. The van der Waals surface area contributed by atoms with E-state index >= 15 is 0 Å². The Kier molecular flexibility index (Phi) is 16.7. The monoisotopic (exact) mass is 1880 g/mol. The Hall–Kier alpha value is -18.4. The van der Waals surface area contributed by atoms with Crippen molar-refractivity contribution in [1.82, 2.24) is 81.0 Å². The van der Waals surface area contributed by atoms with Gasteiger partial charge in [-0.2, -0.15) is 0 Å². The summed E-state index contributed by atoms with van der Waals surface area (Å²) in [5.74, 6) is 1.98. The smallest absolute Gasteiger partial charge is 0.252 e. The van der Waals surface area contributed by atoms with E-state index in [1.807, 2.05) is 38.0 Å². The number of nitrogens with zero attached hydrogens (tertiary/aromatic N) is 18.